The molecule has 0 atom stereocenters. The SMILES string of the molecule is CC(C)(CO)NC(=O)CCSCCC(F)(C(F)(F)F)C(F)(F)F.CO.O=C=O. The molecule has 0 aliphatic heterocycles. The van der Waals surface area contributed by atoms with Crippen molar-refractivity contribution in [1.82, 2.24) is 5.32 Å². The second-order valence-corrected chi connectivity index (χ2v) is 6.81. The van der Waals surface area contributed by atoms with Crippen molar-refractivity contribution in [3.05, 3.63) is 0 Å². The van der Waals surface area contributed by atoms with Crippen molar-refractivity contribution in [2.24, 2.45) is 0 Å². The summed E-state index contributed by atoms with van der Waals surface area (Å²) < 4.78 is 86.9. The van der Waals surface area contributed by atoms with Gasteiger partial charge < -0.3 is 15.5 Å². The van der Waals surface area contributed by atoms with Gasteiger partial charge in [-0.3, -0.25) is 4.79 Å². The summed E-state index contributed by atoms with van der Waals surface area (Å²) in [6.07, 6.45) is -13.8. The highest BCUT2D eigenvalue weighted by Crippen LogP contribution is 2.48. The first-order valence-electron chi connectivity index (χ1n) is 7.34. The zero-order valence-corrected chi connectivity index (χ0v) is 16.0. The van der Waals surface area contributed by atoms with Crippen LogP contribution >= 0.6 is 11.8 Å². The first-order chi connectivity index (χ1) is 12.6. The number of thioether (sulfide) groups is 1. The fourth-order valence-electron chi connectivity index (χ4n) is 1.40. The molecular formula is C14H22F7NO5S. The second kappa shape index (κ2) is 13.7. The quantitative estimate of drug-likeness (QED) is 0.388. The molecule has 0 aromatic carbocycles. The van der Waals surface area contributed by atoms with E-state index in [2.05, 4.69) is 5.32 Å². The number of rotatable bonds is 8. The lowest BCUT2D eigenvalue weighted by atomic mass is 10.0. The molecule has 0 aromatic heterocycles. The molecule has 14 heteroatoms. The number of nitrogens with one attached hydrogen (secondary N) is 1. The number of hydrogen-bond donors (Lipinski definition) is 3. The molecule has 0 rings (SSSR count). The van der Waals surface area contributed by atoms with Crippen LogP contribution < -0.4 is 5.32 Å². The Labute approximate surface area is 160 Å². The lowest BCUT2D eigenvalue weighted by molar-refractivity contribution is -0.341. The van der Waals surface area contributed by atoms with Gasteiger partial charge in [-0.1, -0.05) is 0 Å². The van der Waals surface area contributed by atoms with Gasteiger partial charge in [0, 0.05) is 25.7 Å². The van der Waals surface area contributed by atoms with E-state index in [0.29, 0.717) is 11.8 Å². The largest absolute Gasteiger partial charge is 0.431 e. The average Bonchev–Trinajstić information content (AvgIpc) is 2.54. The summed E-state index contributed by atoms with van der Waals surface area (Å²) in [7, 11) is 1.00. The first kappa shape index (κ1) is 31.3. The minimum atomic E-state index is -6.05. The van der Waals surface area contributed by atoms with E-state index < -0.39 is 41.6 Å². The van der Waals surface area contributed by atoms with Crippen molar-refractivity contribution < 1.29 is 55.3 Å². The number of amides is 1. The molecule has 3 N–H and O–H groups in total. The van der Waals surface area contributed by atoms with Gasteiger partial charge in [0.25, 0.3) is 5.67 Å². The maximum atomic E-state index is 13.3. The van der Waals surface area contributed by atoms with E-state index in [0.717, 1.165) is 7.11 Å². The topological polar surface area (TPSA) is 104 Å². The summed E-state index contributed by atoms with van der Waals surface area (Å²) in [6.45, 7) is 2.72. The van der Waals surface area contributed by atoms with Gasteiger partial charge in [-0.15, -0.1) is 0 Å². The third kappa shape index (κ3) is 12.2. The minimum Gasteiger partial charge on any atom is -0.400 e. The number of aliphatic hydroxyl groups excluding tert-OH is 2. The van der Waals surface area contributed by atoms with Crippen molar-refractivity contribution in [3.8, 4) is 0 Å². The number of halogens is 7. The van der Waals surface area contributed by atoms with Gasteiger partial charge in [0.2, 0.25) is 5.91 Å². The van der Waals surface area contributed by atoms with E-state index in [1.807, 2.05) is 0 Å². The molecule has 0 radical (unpaired) electrons. The van der Waals surface area contributed by atoms with Crippen molar-refractivity contribution >= 4 is 23.8 Å². The molecule has 0 heterocycles. The van der Waals surface area contributed by atoms with Crippen LogP contribution in [0.15, 0.2) is 0 Å². The van der Waals surface area contributed by atoms with Crippen LogP contribution in [0.1, 0.15) is 26.7 Å². The summed E-state index contributed by atoms with van der Waals surface area (Å²) in [6, 6.07) is 0. The highest BCUT2D eigenvalue weighted by molar-refractivity contribution is 7.99. The average molecular weight is 449 g/mol. The van der Waals surface area contributed by atoms with Crippen LogP contribution in [0.5, 0.6) is 0 Å². The van der Waals surface area contributed by atoms with E-state index in [1.54, 1.807) is 0 Å². The predicted octanol–water partition coefficient (Wildman–Crippen LogP) is 2.24. The monoisotopic (exact) mass is 449 g/mol. The summed E-state index contributed by atoms with van der Waals surface area (Å²) >= 11 is 0.611. The van der Waals surface area contributed by atoms with Gasteiger partial charge in [-0.25, -0.2) is 4.39 Å². The number of hydrogen-bond acceptors (Lipinski definition) is 6. The molecule has 168 valence electrons. The number of carbonyl (C=O) groups is 1. The van der Waals surface area contributed by atoms with Gasteiger partial charge in [-0.05, 0) is 19.6 Å². The summed E-state index contributed by atoms with van der Waals surface area (Å²) in [5, 5.41) is 18.3. The first-order valence-corrected chi connectivity index (χ1v) is 8.49. The fourth-order valence-corrected chi connectivity index (χ4v) is 2.36. The molecular weight excluding hydrogens is 427 g/mol. The van der Waals surface area contributed by atoms with Crippen LogP contribution in [-0.4, -0.2) is 71.1 Å². The van der Waals surface area contributed by atoms with Gasteiger partial charge in [-0.2, -0.15) is 47.7 Å². The van der Waals surface area contributed by atoms with E-state index in [9.17, 15) is 35.5 Å². The zero-order chi connectivity index (χ0) is 23.2. The number of carbonyl (C=O) groups excluding carboxylic acids is 3. The highest BCUT2D eigenvalue weighted by Gasteiger charge is 2.71. The Kier molecular flexibility index (Phi) is 15.4. The summed E-state index contributed by atoms with van der Waals surface area (Å²) in [5.41, 5.74) is -6.14. The maximum Gasteiger partial charge on any atom is 0.431 e. The number of alkyl halides is 7. The van der Waals surface area contributed by atoms with E-state index >= 15 is 0 Å². The van der Waals surface area contributed by atoms with Crippen molar-refractivity contribution in [3.63, 3.8) is 0 Å². The van der Waals surface area contributed by atoms with Crippen LogP contribution in [0.4, 0.5) is 30.7 Å². The Bertz CT molecular complexity index is 464. The van der Waals surface area contributed by atoms with Crippen LogP contribution in [0.25, 0.3) is 0 Å². The third-order valence-electron chi connectivity index (χ3n) is 2.84. The predicted molar refractivity (Wildman–Crippen MR) is 85.0 cm³/mol. The van der Waals surface area contributed by atoms with E-state index in [4.69, 9.17) is 19.8 Å². The molecule has 0 unspecified atom stereocenters. The second-order valence-electron chi connectivity index (χ2n) is 5.58. The summed E-state index contributed by atoms with van der Waals surface area (Å²) in [5.74, 6) is -1.33. The van der Waals surface area contributed by atoms with Crippen LogP contribution in [-0.2, 0) is 14.4 Å². The van der Waals surface area contributed by atoms with Gasteiger partial charge >= 0.3 is 18.5 Å². The molecule has 28 heavy (non-hydrogen) atoms. The molecule has 0 aliphatic carbocycles. The van der Waals surface area contributed by atoms with Crippen molar-refractivity contribution in [2.75, 3.05) is 25.2 Å². The molecule has 0 saturated heterocycles. The standard InChI is InChI=1S/C12H18F7NO2S.CO2.CH4O/c1-9(2,7-21)20-8(22)3-5-23-6-4-10(13,11(14,15)16)12(17,18)19;2-1-3;1-2/h21H,3-7H2,1-2H3,(H,20,22);;2H,1H3. The highest BCUT2D eigenvalue weighted by atomic mass is 32.2. The Morgan fingerprint density at radius 2 is 1.36 bits per heavy atom. The molecule has 0 aromatic rings. The Morgan fingerprint density at radius 1 is 0.964 bits per heavy atom. The minimum absolute atomic E-state index is 0.0703. The lowest BCUT2D eigenvalue weighted by Crippen LogP contribution is -2.53. The Balaban J connectivity index is -0.00000113. The number of aliphatic hydroxyl groups is 2. The molecule has 0 bridgehead atoms. The lowest BCUT2D eigenvalue weighted by Gasteiger charge is -2.29. The van der Waals surface area contributed by atoms with Crippen molar-refractivity contribution in [2.45, 2.75) is 50.2 Å². The third-order valence-corrected chi connectivity index (χ3v) is 3.82. The van der Waals surface area contributed by atoms with Crippen LogP contribution in [0.3, 0.4) is 0 Å². The van der Waals surface area contributed by atoms with Crippen molar-refractivity contribution in [1.29, 1.82) is 0 Å². The molecule has 0 aliphatic rings. The van der Waals surface area contributed by atoms with Gasteiger partial charge in [0.15, 0.2) is 0 Å². The molecule has 0 spiro atoms. The molecule has 6 nitrogen and oxygen atoms in total. The maximum absolute atomic E-state index is 13.3. The van der Waals surface area contributed by atoms with E-state index in [-0.39, 0.29) is 24.9 Å². The molecule has 0 saturated carbocycles. The normalized spacial score (nSPS) is 12.0. The van der Waals surface area contributed by atoms with Gasteiger partial charge in [0.05, 0.1) is 12.1 Å². The molecule has 1 amide bonds. The smallest absolute Gasteiger partial charge is 0.400 e. The molecule has 0 fully saturated rings. The Hall–Kier alpha value is -1.37. The van der Waals surface area contributed by atoms with Crippen LogP contribution in [0, 0.1) is 0 Å². The Morgan fingerprint density at radius 3 is 1.68 bits per heavy atom. The fraction of sp³-hybridized carbons (Fsp3) is 0.857. The van der Waals surface area contributed by atoms with E-state index in [1.165, 1.54) is 13.8 Å². The van der Waals surface area contributed by atoms with Gasteiger partial charge in [0.1, 0.15) is 0 Å². The zero-order valence-electron chi connectivity index (χ0n) is 15.2. The van der Waals surface area contributed by atoms with Crippen LogP contribution in [0.2, 0.25) is 0 Å². The summed E-state index contributed by atoms with van der Waals surface area (Å²) in [4.78, 5) is 27.7.